The highest BCUT2D eigenvalue weighted by molar-refractivity contribution is 5.79. The Morgan fingerprint density at radius 2 is 1.97 bits per heavy atom. The molecular weight excluding hydrogens is 454 g/mol. The van der Waals surface area contributed by atoms with Gasteiger partial charge < -0.3 is 20.5 Å². The molecule has 0 bridgehead atoms. The number of likely N-dealkylation sites (tertiary alicyclic amines) is 1. The lowest BCUT2D eigenvalue weighted by Crippen LogP contribution is -2.45. The molecule has 0 spiro atoms. The molecule has 0 radical (unpaired) electrons. The highest BCUT2D eigenvalue weighted by Crippen LogP contribution is 2.42. The molecule has 0 aliphatic carbocycles. The normalized spacial score (nSPS) is 22.3. The lowest BCUT2D eigenvalue weighted by molar-refractivity contribution is -0.144. The zero-order valence-electron chi connectivity index (χ0n) is 22.6. The van der Waals surface area contributed by atoms with Gasteiger partial charge in [-0.1, -0.05) is 52.2 Å². The summed E-state index contributed by atoms with van der Waals surface area (Å²) < 4.78 is 5.68. The van der Waals surface area contributed by atoms with Gasteiger partial charge in [-0.25, -0.2) is 0 Å². The number of carboxylic acid groups (broad SMARTS) is 1. The van der Waals surface area contributed by atoms with E-state index in [0.717, 1.165) is 81.3 Å². The van der Waals surface area contributed by atoms with Gasteiger partial charge in [0.15, 0.2) is 0 Å². The van der Waals surface area contributed by atoms with E-state index >= 15 is 0 Å². The smallest absolute Gasteiger partial charge is 0.308 e. The molecule has 1 fully saturated rings. The van der Waals surface area contributed by atoms with Gasteiger partial charge in [-0.3, -0.25) is 14.5 Å². The monoisotopic (exact) mass is 501 g/mol. The molecule has 0 aromatic heterocycles. The van der Waals surface area contributed by atoms with Gasteiger partial charge in [0.05, 0.1) is 19.1 Å². The van der Waals surface area contributed by atoms with E-state index in [2.05, 4.69) is 31.7 Å². The number of fused-ring (bicyclic) bond motifs is 1. The van der Waals surface area contributed by atoms with Crippen LogP contribution in [0, 0.1) is 11.8 Å². The number of amides is 1. The number of carbonyl (C=O) groups excluding carboxylic acids is 1. The third-order valence-electron chi connectivity index (χ3n) is 7.96. The minimum Gasteiger partial charge on any atom is -0.493 e. The Morgan fingerprint density at radius 1 is 1.19 bits per heavy atom. The fraction of sp³-hybridized carbons (Fsp3) is 0.724. The zero-order valence-corrected chi connectivity index (χ0v) is 22.6. The second-order valence-electron chi connectivity index (χ2n) is 10.8. The summed E-state index contributed by atoms with van der Waals surface area (Å²) in [6, 6.07) is 6.01. The number of ether oxygens (including phenoxy) is 1. The van der Waals surface area contributed by atoms with Gasteiger partial charge >= 0.3 is 5.97 Å². The summed E-state index contributed by atoms with van der Waals surface area (Å²) in [5.41, 5.74) is 7.90. The number of nitrogens with two attached hydrogens (primary N) is 1. The van der Waals surface area contributed by atoms with Crippen molar-refractivity contribution in [3.63, 3.8) is 0 Å². The molecule has 7 nitrogen and oxygen atoms in total. The summed E-state index contributed by atoms with van der Waals surface area (Å²) in [5, 5.41) is 10.4. The number of aliphatic carboxylic acids is 1. The van der Waals surface area contributed by atoms with Gasteiger partial charge in [-0.2, -0.15) is 0 Å². The molecule has 1 saturated heterocycles. The van der Waals surface area contributed by atoms with Crippen molar-refractivity contribution in [3.05, 3.63) is 29.3 Å². The number of benzene rings is 1. The number of hydrogen-bond donors (Lipinski definition) is 2. The first-order valence-corrected chi connectivity index (χ1v) is 14.1. The predicted octanol–water partition coefficient (Wildman–Crippen LogP) is 4.28. The molecule has 36 heavy (non-hydrogen) atoms. The maximum atomic E-state index is 13.5. The Bertz CT molecular complexity index is 861. The molecule has 1 aromatic carbocycles. The van der Waals surface area contributed by atoms with E-state index in [0.29, 0.717) is 25.6 Å². The van der Waals surface area contributed by atoms with Crippen LogP contribution in [0.4, 0.5) is 0 Å². The van der Waals surface area contributed by atoms with E-state index in [9.17, 15) is 14.7 Å². The van der Waals surface area contributed by atoms with Crippen molar-refractivity contribution in [2.75, 3.05) is 39.3 Å². The van der Waals surface area contributed by atoms with E-state index in [-0.39, 0.29) is 24.4 Å². The van der Waals surface area contributed by atoms with Crippen molar-refractivity contribution in [2.24, 2.45) is 17.6 Å². The number of hydrogen-bond acceptors (Lipinski definition) is 5. The zero-order chi connectivity index (χ0) is 26.1. The summed E-state index contributed by atoms with van der Waals surface area (Å²) in [7, 11) is 0. The quantitative estimate of drug-likeness (QED) is 0.348. The fourth-order valence-corrected chi connectivity index (χ4v) is 6.01. The third-order valence-corrected chi connectivity index (χ3v) is 7.96. The topological polar surface area (TPSA) is 96.1 Å². The molecule has 2 aliphatic rings. The maximum absolute atomic E-state index is 13.5. The van der Waals surface area contributed by atoms with Crippen LogP contribution in [-0.2, 0) is 16.0 Å². The van der Waals surface area contributed by atoms with Crippen LogP contribution < -0.4 is 10.5 Å². The van der Waals surface area contributed by atoms with Crippen molar-refractivity contribution in [3.8, 4) is 5.75 Å². The summed E-state index contributed by atoms with van der Waals surface area (Å²) in [5.74, 6) is 0.00676. The molecule has 2 unspecified atom stereocenters. The highest BCUT2D eigenvalue weighted by atomic mass is 16.5. The summed E-state index contributed by atoms with van der Waals surface area (Å²) in [4.78, 5) is 30.4. The molecule has 0 saturated carbocycles. The van der Waals surface area contributed by atoms with Gasteiger partial charge in [0.25, 0.3) is 0 Å². The lowest BCUT2D eigenvalue weighted by Gasteiger charge is -2.31. The van der Waals surface area contributed by atoms with Crippen LogP contribution in [0.3, 0.4) is 0 Å². The summed E-state index contributed by atoms with van der Waals surface area (Å²) >= 11 is 0. The molecule has 3 N–H and O–H groups in total. The Kier molecular flexibility index (Phi) is 11.1. The molecule has 4 atom stereocenters. The first kappa shape index (κ1) is 28.5. The number of carbonyl (C=O) groups is 2. The Labute approximate surface area is 217 Å². The molecule has 1 aromatic rings. The average Bonchev–Trinajstić information content (AvgIpc) is 3.45. The van der Waals surface area contributed by atoms with Crippen molar-refractivity contribution >= 4 is 11.9 Å². The van der Waals surface area contributed by atoms with Crippen LogP contribution in [-0.4, -0.2) is 72.2 Å². The summed E-state index contributed by atoms with van der Waals surface area (Å²) in [6.45, 7) is 10.2. The highest BCUT2D eigenvalue weighted by Gasteiger charge is 2.47. The van der Waals surface area contributed by atoms with Crippen LogP contribution in [0.15, 0.2) is 18.2 Å². The molecule has 3 rings (SSSR count). The molecule has 7 heteroatoms. The van der Waals surface area contributed by atoms with Crippen LogP contribution in [0.2, 0.25) is 0 Å². The Hall–Kier alpha value is -2.12. The van der Waals surface area contributed by atoms with E-state index in [1.54, 1.807) is 0 Å². The number of unbranched alkanes of at least 4 members (excludes halogenated alkanes) is 2. The molecular formula is C29H47N3O4. The van der Waals surface area contributed by atoms with Crippen molar-refractivity contribution in [2.45, 2.75) is 84.1 Å². The standard InChI is InChI=1S/C29H47N3O4/c1-4-6-14-31(15-8-7-13-30)27(33)20-32-19-24(22-10-11-26-23(18-22)12-16-36-26)28(29(34)35)25(32)17-21(3)9-5-2/h10-11,18,21,24-25,28H,4-9,12-17,19-20,30H2,1-3H3,(H,34,35)/t21?,24-,25+,28?/m1/s1. The largest absolute Gasteiger partial charge is 0.493 e. The van der Waals surface area contributed by atoms with E-state index in [4.69, 9.17) is 10.5 Å². The Balaban J connectivity index is 1.85. The molecule has 1 amide bonds. The van der Waals surface area contributed by atoms with Crippen LogP contribution in [0.1, 0.15) is 82.8 Å². The van der Waals surface area contributed by atoms with Crippen molar-refractivity contribution in [1.82, 2.24) is 9.80 Å². The number of rotatable bonds is 15. The number of nitrogens with zero attached hydrogens (tertiary/aromatic N) is 2. The van der Waals surface area contributed by atoms with Gasteiger partial charge in [0, 0.05) is 38.0 Å². The predicted molar refractivity (Wildman–Crippen MR) is 143 cm³/mol. The van der Waals surface area contributed by atoms with E-state index in [1.165, 1.54) is 0 Å². The van der Waals surface area contributed by atoms with E-state index in [1.807, 2.05) is 17.0 Å². The van der Waals surface area contributed by atoms with Gasteiger partial charge in [-0.15, -0.1) is 0 Å². The molecule has 202 valence electrons. The first-order valence-electron chi connectivity index (χ1n) is 14.1. The second-order valence-corrected chi connectivity index (χ2v) is 10.8. The van der Waals surface area contributed by atoms with Gasteiger partial charge in [0.2, 0.25) is 5.91 Å². The van der Waals surface area contributed by atoms with Crippen LogP contribution in [0.25, 0.3) is 0 Å². The van der Waals surface area contributed by atoms with Crippen molar-refractivity contribution in [1.29, 1.82) is 0 Å². The van der Waals surface area contributed by atoms with Crippen LogP contribution in [0.5, 0.6) is 5.75 Å². The van der Waals surface area contributed by atoms with Gasteiger partial charge in [0.1, 0.15) is 5.75 Å². The SMILES string of the molecule is CCCCN(CCCCN)C(=O)CN1C[C@H](c2ccc3c(c2)CCO3)C(C(=O)O)[C@@H]1CC(C)CCC. The minimum absolute atomic E-state index is 0.112. The van der Waals surface area contributed by atoms with E-state index < -0.39 is 11.9 Å². The lowest BCUT2D eigenvalue weighted by atomic mass is 9.81. The minimum atomic E-state index is -0.758. The average molecular weight is 502 g/mol. The fourth-order valence-electron chi connectivity index (χ4n) is 6.01. The molecule has 2 aliphatic heterocycles. The van der Waals surface area contributed by atoms with Crippen LogP contribution >= 0.6 is 0 Å². The summed E-state index contributed by atoms with van der Waals surface area (Å²) in [6.07, 6.45) is 7.61. The van der Waals surface area contributed by atoms with Crippen molar-refractivity contribution < 1.29 is 19.4 Å². The maximum Gasteiger partial charge on any atom is 0.308 e. The number of carboxylic acids is 1. The first-order chi connectivity index (χ1) is 17.4. The third kappa shape index (κ3) is 7.22. The van der Waals surface area contributed by atoms with Gasteiger partial charge in [-0.05, 0) is 55.3 Å². The Morgan fingerprint density at radius 3 is 2.67 bits per heavy atom. The second kappa shape index (κ2) is 14.0. The molecule has 2 heterocycles.